The fourth-order valence-corrected chi connectivity index (χ4v) is 2.33. The maximum atomic E-state index is 12.4. The third-order valence-corrected chi connectivity index (χ3v) is 3.58. The van der Waals surface area contributed by atoms with Crippen molar-refractivity contribution in [2.24, 2.45) is 0 Å². The summed E-state index contributed by atoms with van der Waals surface area (Å²) in [5.41, 5.74) is -0.326. The monoisotopic (exact) mass is 362 g/mol. The molecule has 2 nitrogen and oxygen atoms in total. The zero-order valence-corrected chi connectivity index (χ0v) is 11.3. The van der Waals surface area contributed by atoms with Crippen LogP contribution in [0.5, 0.6) is 0 Å². The van der Waals surface area contributed by atoms with E-state index in [1.165, 1.54) is 17.8 Å². The lowest BCUT2D eigenvalue weighted by Crippen LogP contribution is -2.25. The molecule has 1 rings (SSSR count). The van der Waals surface area contributed by atoms with Crippen LogP contribution in [0, 0.1) is 0 Å². The smallest absolute Gasteiger partial charge is 0.361 e. The van der Waals surface area contributed by atoms with Crippen LogP contribution in [0.3, 0.4) is 0 Å². The zero-order chi connectivity index (χ0) is 12.2. The summed E-state index contributed by atoms with van der Waals surface area (Å²) in [7, 11) is 0. The van der Waals surface area contributed by atoms with Gasteiger partial charge < -0.3 is 5.32 Å². The molecule has 0 amide bonds. The Kier molecular flexibility index (Phi) is 5.19. The molecule has 0 saturated carbocycles. The summed E-state index contributed by atoms with van der Waals surface area (Å²) in [4.78, 5) is 0. The first-order valence-electron chi connectivity index (χ1n) is 4.30. The molecule has 0 bridgehead atoms. The molecule has 0 fully saturated rings. The average molecular weight is 362 g/mol. The third kappa shape index (κ3) is 4.02. The summed E-state index contributed by atoms with van der Waals surface area (Å²) in [5.74, 6) is 0. The molecule has 0 aliphatic carbocycles. The molecular weight excluding hydrogens is 352 g/mol. The van der Waals surface area contributed by atoms with E-state index in [2.05, 4.69) is 8.85 Å². The lowest BCUT2D eigenvalue weighted by Gasteiger charge is -2.16. The molecular formula is C9H10F3IN2S. The average Bonchev–Trinajstić information content (AvgIpc) is 2.25. The number of alkyl halides is 3. The highest BCUT2D eigenvalue weighted by Gasteiger charge is 2.30. The largest absolute Gasteiger partial charge is 0.416 e. The van der Waals surface area contributed by atoms with Crippen LogP contribution >= 0.6 is 34.6 Å². The van der Waals surface area contributed by atoms with Crippen molar-refractivity contribution in [2.75, 3.05) is 11.6 Å². The molecule has 0 spiro atoms. The van der Waals surface area contributed by atoms with E-state index in [1.807, 2.05) is 29.1 Å². The molecule has 1 aromatic carbocycles. The third-order valence-electron chi connectivity index (χ3n) is 1.82. The maximum absolute atomic E-state index is 12.4. The van der Waals surface area contributed by atoms with Crippen LogP contribution in [0.1, 0.15) is 5.56 Å². The first-order chi connectivity index (χ1) is 7.47. The summed E-state index contributed by atoms with van der Waals surface area (Å²) in [6, 6.07) is 5.14. The van der Waals surface area contributed by atoms with E-state index in [4.69, 9.17) is 0 Å². The van der Waals surface area contributed by atoms with Gasteiger partial charge in [-0.1, -0.05) is 6.07 Å². The van der Waals surface area contributed by atoms with Gasteiger partial charge in [0.15, 0.2) is 0 Å². The second kappa shape index (κ2) is 5.97. The number of anilines is 1. The van der Waals surface area contributed by atoms with Crippen molar-refractivity contribution in [1.29, 1.82) is 0 Å². The van der Waals surface area contributed by atoms with E-state index in [0.717, 1.165) is 12.1 Å². The van der Waals surface area contributed by atoms with Gasteiger partial charge in [0.1, 0.15) is 5.50 Å². The molecule has 90 valence electrons. The molecule has 1 atom stereocenters. The standard InChI is InChI=1S/C9H10F3IN2S/c1-16-8(15-13)14-7-4-2-3-6(5-7)9(10,11)12/h2-5,8,14-15H,1H3. The molecule has 1 unspecified atom stereocenters. The molecule has 0 heterocycles. The molecule has 16 heavy (non-hydrogen) atoms. The summed E-state index contributed by atoms with van der Waals surface area (Å²) in [5, 5.41) is 2.94. The second-order valence-electron chi connectivity index (χ2n) is 2.95. The van der Waals surface area contributed by atoms with E-state index in [0.29, 0.717) is 5.69 Å². The van der Waals surface area contributed by atoms with Crippen LogP contribution in [0.15, 0.2) is 24.3 Å². The van der Waals surface area contributed by atoms with Crippen LogP contribution in [-0.2, 0) is 6.18 Å². The molecule has 0 aliphatic rings. The van der Waals surface area contributed by atoms with E-state index in [9.17, 15) is 13.2 Å². The number of thioether (sulfide) groups is 1. The van der Waals surface area contributed by atoms with E-state index >= 15 is 0 Å². The van der Waals surface area contributed by atoms with Gasteiger partial charge >= 0.3 is 6.18 Å². The van der Waals surface area contributed by atoms with Crippen molar-refractivity contribution < 1.29 is 13.2 Å². The fourth-order valence-electron chi connectivity index (χ4n) is 1.07. The van der Waals surface area contributed by atoms with Crippen LogP contribution in [0.2, 0.25) is 0 Å². The molecule has 0 aliphatic heterocycles. The lowest BCUT2D eigenvalue weighted by molar-refractivity contribution is -0.137. The highest BCUT2D eigenvalue weighted by Crippen LogP contribution is 2.30. The van der Waals surface area contributed by atoms with Gasteiger partial charge in [-0.2, -0.15) is 13.2 Å². The summed E-state index contributed by atoms with van der Waals surface area (Å²) in [6.07, 6.45) is -2.44. The minimum atomic E-state index is -4.30. The molecule has 0 saturated heterocycles. The number of halogens is 4. The highest BCUT2D eigenvalue weighted by molar-refractivity contribution is 14.1. The molecule has 0 aromatic heterocycles. The Labute approximate surface area is 110 Å². The Morgan fingerprint density at radius 1 is 1.38 bits per heavy atom. The quantitative estimate of drug-likeness (QED) is 0.485. The van der Waals surface area contributed by atoms with Gasteiger partial charge in [0.2, 0.25) is 0 Å². The maximum Gasteiger partial charge on any atom is 0.416 e. The second-order valence-corrected chi connectivity index (χ2v) is 4.51. The van der Waals surface area contributed by atoms with E-state index < -0.39 is 11.7 Å². The van der Waals surface area contributed by atoms with Crippen LogP contribution < -0.4 is 8.85 Å². The molecule has 2 N–H and O–H groups in total. The number of benzene rings is 1. The normalized spacial score (nSPS) is 13.6. The lowest BCUT2D eigenvalue weighted by atomic mass is 10.2. The van der Waals surface area contributed by atoms with Crippen molar-refractivity contribution >= 4 is 40.3 Å². The Bertz CT molecular complexity index is 342. The van der Waals surface area contributed by atoms with Crippen molar-refractivity contribution in [3.05, 3.63) is 29.8 Å². The van der Waals surface area contributed by atoms with Crippen molar-refractivity contribution in [3.8, 4) is 0 Å². The van der Waals surface area contributed by atoms with Gasteiger partial charge in [0, 0.05) is 28.6 Å². The first-order valence-corrected chi connectivity index (χ1v) is 6.67. The van der Waals surface area contributed by atoms with Gasteiger partial charge in [0.25, 0.3) is 0 Å². The Morgan fingerprint density at radius 2 is 2.06 bits per heavy atom. The van der Waals surface area contributed by atoms with E-state index in [-0.39, 0.29) is 5.50 Å². The van der Waals surface area contributed by atoms with Crippen molar-refractivity contribution in [1.82, 2.24) is 3.53 Å². The fraction of sp³-hybridized carbons (Fsp3) is 0.333. The van der Waals surface area contributed by atoms with Gasteiger partial charge in [-0.15, -0.1) is 11.8 Å². The number of nitrogens with one attached hydrogen (secondary N) is 2. The minimum Gasteiger partial charge on any atom is -0.361 e. The van der Waals surface area contributed by atoms with Crippen LogP contribution in [0.25, 0.3) is 0 Å². The minimum absolute atomic E-state index is 0.121. The number of hydrogen-bond acceptors (Lipinski definition) is 3. The predicted molar refractivity (Wildman–Crippen MR) is 69.5 cm³/mol. The molecule has 1 aromatic rings. The Morgan fingerprint density at radius 3 is 2.56 bits per heavy atom. The van der Waals surface area contributed by atoms with Crippen molar-refractivity contribution in [3.63, 3.8) is 0 Å². The molecule has 7 heteroatoms. The Balaban J connectivity index is 2.82. The summed E-state index contributed by atoms with van der Waals surface area (Å²) >= 11 is 3.41. The topological polar surface area (TPSA) is 24.1 Å². The number of hydrogen-bond donors (Lipinski definition) is 2. The van der Waals surface area contributed by atoms with Crippen LogP contribution in [-0.4, -0.2) is 11.8 Å². The first kappa shape index (κ1) is 13.9. The van der Waals surface area contributed by atoms with Crippen molar-refractivity contribution in [2.45, 2.75) is 11.7 Å². The van der Waals surface area contributed by atoms with Gasteiger partial charge in [0.05, 0.1) is 5.56 Å². The van der Waals surface area contributed by atoms with Gasteiger partial charge in [-0.3, -0.25) is 0 Å². The van der Waals surface area contributed by atoms with Crippen LogP contribution in [0.4, 0.5) is 18.9 Å². The zero-order valence-electron chi connectivity index (χ0n) is 8.31. The Hall–Kier alpha value is -0.150. The van der Waals surface area contributed by atoms with E-state index in [1.54, 1.807) is 6.07 Å². The summed E-state index contributed by atoms with van der Waals surface area (Å²) < 4.78 is 40.2. The molecule has 0 radical (unpaired) electrons. The SMILES string of the molecule is CSC(NI)Nc1cccc(C(F)(F)F)c1. The van der Waals surface area contributed by atoms with Gasteiger partial charge in [-0.25, -0.2) is 3.53 Å². The van der Waals surface area contributed by atoms with Gasteiger partial charge in [-0.05, 0) is 24.5 Å². The summed E-state index contributed by atoms with van der Waals surface area (Å²) in [6.45, 7) is 0. The highest BCUT2D eigenvalue weighted by atomic mass is 127. The number of rotatable bonds is 4. The predicted octanol–water partition coefficient (Wildman–Crippen LogP) is 3.70.